The fourth-order valence-electron chi connectivity index (χ4n) is 3.56. The Bertz CT molecular complexity index is 866. The lowest BCUT2D eigenvalue weighted by Crippen LogP contribution is -2.49. The molecule has 6 nitrogen and oxygen atoms in total. The molecule has 0 aromatic heterocycles. The van der Waals surface area contributed by atoms with E-state index in [4.69, 9.17) is 5.26 Å². The highest BCUT2D eigenvalue weighted by Crippen LogP contribution is 2.35. The number of nitrogens with zero attached hydrogens (tertiary/aromatic N) is 2. The monoisotopic (exact) mass is 363 g/mol. The first-order valence-electron chi connectivity index (χ1n) is 8.85. The van der Waals surface area contributed by atoms with Crippen LogP contribution in [0.2, 0.25) is 0 Å². The van der Waals surface area contributed by atoms with E-state index in [1.165, 1.54) is 0 Å². The standard InChI is InChI=1S/C21H21N3O3/c22-14-16-6-4-5-9-18(16)23-19(25)15-24-12-10-21(11-13-24,20(26)27)17-7-2-1-3-8-17/h1-9H,10-13,15H2,(H,23,25)(H,26,27). The van der Waals surface area contributed by atoms with E-state index in [0.29, 0.717) is 37.2 Å². The number of carboxylic acid groups (broad SMARTS) is 1. The van der Waals surface area contributed by atoms with E-state index in [1.807, 2.05) is 35.2 Å². The molecule has 6 heteroatoms. The first kappa shape index (κ1) is 18.6. The SMILES string of the molecule is N#Cc1ccccc1NC(=O)CN1CCC(C(=O)O)(c2ccccc2)CC1. The van der Waals surface area contributed by atoms with Gasteiger partial charge in [0.1, 0.15) is 6.07 Å². The molecule has 1 aliphatic rings. The first-order chi connectivity index (χ1) is 13.0. The van der Waals surface area contributed by atoms with E-state index in [1.54, 1.807) is 24.3 Å². The largest absolute Gasteiger partial charge is 0.481 e. The lowest BCUT2D eigenvalue weighted by Gasteiger charge is -2.39. The van der Waals surface area contributed by atoms with Crippen molar-refractivity contribution in [3.05, 3.63) is 65.7 Å². The van der Waals surface area contributed by atoms with Crippen LogP contribution in [0.15, 0.2) is 54.6 Å². The van der Waals surface area contributed by atoms with Crippen LogP contribution in [0.1, 0.15) is 24.0 Å². The Morgan fingerprint density at radius 3 is 2.33 bits per heavy atom. The number of aliphatic carboxylic acids is 1. The normalized spacial score (nSPS) is 16.3. The van der Waals surface area contributed by atoms with Gasteiger partial charge in [0.2, 0.25) is 5.91 Å². The molecule has 138 valence electrons. The Morgan fingerprint density at radius 1 is 1.07 bits per heavy atom. The zero-order valence-corrected chi connectivity index (χ0v) is 14.9. The smallest absolute Gasteiger partial charge is 0.314 e. The molecule has 0 saturated carbocycles. The van der Waals surface area contributed by atoms with Crippen molar-refractivity contribution in [2.45, 2.75) is 18.3 Å². The van der Waals surface area contributed by atoms with E-state index in [-0.39, 0.29) is 12.5 Å². The van der Waals surface area contributed by atoms with Gasteiger partial charge in [0.15, 0.2) is 0 Å². The highest BCUT2D eigenvalue weighted by molar-refractivity contribution is 5.93. The van der Waals surface area contributed by atoms with Gasteiger partial charge in [-0.15, -0.1) is 0 Å². The summed E-state index contributed by atoms with van der Waals surface area (Å²) in [5.41, 5.74) is 0.816. The molecule has 1 fully saturated rings. The number of carbonyl (C=O) groups excluding carboxylic acids is 1. The minimum absolute atomic E-state index is 0.171. The molecular weight excluding hydrogens is 342 g/mol. The van der Waals surface area contributed by atoms with Gasteiger partial charge < -0.3 is 10.4 Å². The third kappa shape index (κ3) is 3.99. The van der Waals surface area contributed by atoms with Crippen LogP contribution in [0.4, 0.5) is 5.69 Å². The molecule has 0 aliphatic carbocycles. The summed E-state index contributed by atoms with van der Waals surface area (Å²) < 4.78 is 0. The van der Waals surface area contributed by atoms with Gasteiger partial charge in [-0.2, -0.15) is 5.26 Å². The number of hydrogen-bond acceptors (Lipinski definition) is 4. The average molecular weight is 363 g/mol. The van der Waals surface area contributed by atoms with Crippen molar-refractivity contribution in [3.63, 3.8) is 0 Å². The van der Waals surface area contributed by atoms with Gasteiger partial charge in [-0.05, 0) is 30.5 Å². The van der Waals surface area contributed by atoms with Crippen LogP contribution in [-0.4, -0.2) is 41.5 Å². The number of piperidine rings is 1. The summed E-state index contributed by atoms with van der Waals surface area (Å²) in [5.74, 6) is -1.03. The highest BCUT2D eigenvalue weighted by atomic mass is 16.4. The fraction of sp³-hybridized carbons (Fsp3) is 0.286. The zero-order valence-electron chi connectivity index (χ0n) is 14.9. The van der Waals surface area contributed by atoms with Gasteiger partial charge in [-0.3, -0.25) is 14.5 Å². The molecule has 1 heterocycles. The summed E-state index contributed by atoms with van der Waals surface area (Å²) in [5, 5.41) is 21.7. The van der Waals surface area contributed by atoms with Gasteiger partial charge in [0, 0.05) is 13.1 Å². The number of carbonyl (C=O) groups is 2. The van der Waals surface area contributed by atoms with Crippen LogP contribution < -0.4 is 5.32 Å². The Labute approximate surface area is 158 Å². The molecule has 2 N–H and O–H groups in total. The number of nitrogens with one attached hydrogen (secondary N) is 1. The maximum Gasteiger partial charge on any atom is 0.314 e. The van der Waals surface area contributed by atoms with Crippen molar-refractivity contribution >= 4 is 17.6 Å². The summed E-state index contributed by atoms with van der Waals surface area (Å²) in [4.78, 5) is 26.3. The number of benzene rings is 2. The Balaban J connectivity index is 1.63. The highest BCUT2D eigenvalue weighted by Gasteiger charge is 2.43. The van der Waals surface area contributed by atoms with Gasteiger partial charge >= 0.3 is 5.97 Å². The number of carboxylic acids is 1. The molecule has 0 radical (unpaired) electrons. The summed E-state index contributed by atoms with van der Waals surface area (Å²) >= 11 is 0. The Hall–Kier alpha value is -3.17. The molecular formula is C21H21N3O3. The number of nitriles is 1. The number of para-hydroxylation sites is 1. The van der Waals surface area contributed by atoms with Crippen molar-refractivity contribution in [2.24, 2.45) is 0 Å². The van der Waals surface area contributed by atoms with E-state index in [0.717, 1.165) is 5.56 Å². The van der Waals surface area contributed by atoms with Crippen LogP contribution in [0.25, 0.3) is 0 Å². The predicted molar refractivity (Wildman–Crippen MR) is 101 cm³/mol. The molecule has 1 saturated heterocycles. The van der Waals surface area contributed by atoms with E-state index in [9.17, 15) is 14.7 Å². The zero-order chi connectivity index (χ0) is 19.3. The second-order valence-electron chi connectivity index (χ2n) is 6.73. The number of likely N-dealkylation sites (tertiary alicyclic amines) is 1. The van der Waals surface area contributed by atoms with E-state index < -0.39 is 11.4 Å². The molecule has 2 aromatic rings. The van der Waals surface area contributed by atoms with Crippen LogP contribution in [0.5, 0.6) is 0 Å². The number of amides is 1. The van der Waals surface area contributed by atoms with Crippen molar-refractivity contribution in [3.8, 4) is 6.07 Å². The Kier molecular flexibility index (Phi) is 5.53. The van der Waals surface area contributed by atoms with Crippen LogP contribution in [0.3, 0.4) is 0 Å². The molecule has 0 unspecified atom stereocenters. The minimum atomic E-state index is -0.901. The van der Waals surface area contributed by atoms with Gasteiger partial charge in [-0.25, -0.2) is 0 Å². The number of rotatable bonds is 5. The van der Waals surface area contributed by atoms with Crippen LogP contribution in [0, 0.1) is 11.3 Å². The quantitative estimate of drug-likeness (QED) is 0.852. The van der Waals surface area contributed by atoms with Gasteiger partial charge in [0.05, 0.1) is 23.2 Å². The topological polar surface area (TPSA) is 93.4 Å². The van der Waals surface area contributed by atoms with Crippen LogP contribution in [-0.2, 0) is 15.0 Å². The maximum atomic E-state index is 12.3. The lowest BCUT2D eigenvalue weighted by molar-refractivity contribution is -0.146. The van der Waals surface area contributed by atoms with Crippen molar-refractivity contribution in [1.82, 2.24) is 4.90 Å². The van der Waals surface area contributed by atoms with Crippen molar-refractivity contribution < 1.29 is 14.7 Å². The third-order valence-corrected chi connectivity index (χ3v) is 5.13. The second kappa shape index (κ2) is 8.02. The first-order valence-corrected chi connectivity index (χ1v) is 8.85. The molecule has 27 heavy (non-hydrogen) atoms. The average Bonchev–Trinajstić information content (AvgIpc) is 2.69. The van der Waals surface area contributed by atoms with Crippen molar-refractivity contribution in [1.29, 1.82) is 5.26 Å². The summed E-state index contributed by atoms with van der Waals surface area (Å²) in [7, 11) is 0. The van der Waals surface area contributed by atoms with Gasteiger partial charge in [-0.1, -0.05) is 42.5 Å². The van der Waals surface area contributed by atoms with E-state index in [2.05, 4.69) is 11.4 Å². The predicted octanol–water partition coefficient (Wildman–Crippen LogP) is 2.62. The second-order valence-corrected chi connectivity index (χ2v) is 6.73. The van der Waals surface area contributed by atoms with Crippen LogP contribution >= 0.6 is 0 Å². The molecule has 0 atom stereocenters. The van der Waals surface area contributed by atoms with E-state index >= 15 is 0 Å². The number of hydrogen-bond donors (Lipinski definition) is 2. The summed E-state index contributed by atoms with van der Waals surface area (Å²) in [6.45, 7) is 1.22. The maximum absolute atomic E-state index is 12.3. The lowest BCUT2D eigenvalue weighted by atomic mass is 9.73. The van der Waals surface area contributed by atoms with Crippen molar-refractivity contribution in [2.75, 3.05) is 25.0 Å². The molecule has 3 rings (SSSR count). The molecule has 0 bridgehead atoms. The molecule has 0 spiro atoms. The number of anilines is 1. The van der Waals surface area contributed by atoms with Gasteiger partial charge in [0.25, 0.3) is 0 Å². The molecule has 1 aliphatic heterocycles. The minimum Gasteiger partial charge on any atom is -0.481 e. The molecule has 1 amide bonds. The molecule has 2 aromatic carbocycles. The third-order valence-electron chi connectivity index (χ3n) is 5.13. The fourth-order valence-corrected chi connectivity index (χ4v) is 3.56. The summed E-state index contributed by atoms with van der Waals surface area (Å²) in [6, 6.07) is 18.2. The Morgan fingerprint density at radius 2 is 1.70 bits per heavy atom. The summed E-state index contributed by atoms with van der Waals surface area (Å²) in [6.07, 6.45) is 0.906.